The molecule has 2 aliphatic carbocycles. The van der Waals surface area contributed by atoms with Crippen molar-refractivity contribution in [1.82, 2.24) is 0 Å². The lowest BCUT2D eigenvalue weighted by atomic mass is 9.79. The van der Waals surface area contributed by atoms with E-state index in [1.54, 1.807) is 0 Å². The highest BCUT2D eigenvalue weighted by Gasteiger charge is 2.50. The van der Waals surface area contributed by atoms with E-state index in [2.05, 4.69) is 0 Å². The Bertz CT molecular complexity index is 1610. The molecule has 19 nitrogen and oxygen atoms in total. The molecule has 2 fully saturated rings. The van der Waals surface area contributed by atoms with Gasteiger partial charge in [0.25, 0.3) is 0 Å². The highest BCUT2D eigenvalue weighted by atomic mass is 16.6. The first-order chi connectivity index (χ1) is 23.6. The third-order valence-electron chi connectivity index (χ3n) is 7.64. The number of ether oxygens (including phenoxy) is 1. The fourth-order valence-corrected chi connectivity index (χ4v) is 4.79. The van der Waals surface area contributed by atoms with Gasteiger partial charge in [-0.25, -0.2) is 19.2 Å². The van der Waals surface area contributed by atoms with Crippen LogP contribution in [0.25, 0.3) is 12.2 Å². The third-order valence-corrected chi connectivity index (χ3v) is 7.64. The van der Waals surface area contributed by atoms with Crippen molar-refractivity contribution in [2.75, 3.05) is 0 Å². The molecule has 0 saturated heterocycles. The molecule has 2 aromatic rings. The Morgan fingerprint density at radius 2 is 0.981 bits per heavy atom. The van der Waals surface area contributed by atoms with Crippen LogP contribution in [-0.2, 0) is 23.9 Å². The Hall–Kier alpha value is -5.28. The summed E-state index contributed by atoms with van der Waals surface area (Å²) in [5.74, 6) is -6.31. The lowest BCUT2D eigenvalue weighted by Gasteiger charge is -2.39. The second kappa shape index (κ2) is 18.8. The molecule has 0 aliphatic heterocycles. The fourth-order valence-electron chi connectivity index (χ4n) is 4.79. The van der Waals surface area contributed by atoms with Crippen molar-refractivity contribution in [3.8, 4) is 23.0 Å². The van der Waals surface area contributed by atoms with Crippen LogP contribution in [0.1, 0.15) is 44.2 Å². The van der Waals surface area contributed by atoms with E-state index < -0.39 is 97.4 Å². The second-order valence-corrected chi connectivity index (χ2v) is 11.6. The van der Waals surface area contributed by atoms with Gasteiger partial charge in [0.05, 0.1) is 18.3 Å². The number of phenols is 4. The largest absolute Gasteiger partial charge is 0.504 e. The standard InChI is InChI=1S/C16H18O9.C9H8O4.C7H12O6.CH4/c17-9-3-1-8(5-10(9)18)2-4-13(20)25-12-7-16(24,15(22)23)6-11(19)14(12)21;10-7-3-1-6(5-8(7)11)2-4-9(12)13;8-3-1-7(13,6(11)12)2-4(9)5(3)10;/h1-5,11-12,14,17-19,21,24H,6-7H2,(H,22,23);1-5,10-11H,(H,12,13);3-5,8-10,13H,1-2H2,(H,11,12);1H4/b2*4-2+;;. The van der Waals surface area contributed by atoms with Gasteiger partial charge in [-0.2, -0.15) is 0 Å². The van der Waals surface area contributed by atoms with Gasteiger partial charge < -0.3 is 76.2 Å². The van der Waals surface area contributed by atoms with Crippen LogP contribution in [0.5, 0.6) is 23.0 Å². The van der Waals surface area contributed by atoms with Crippen molar-refractivity contribution < 1.29 is 95.4 Å². The van der Waals surface area contributed by atoms with Gasteiger partial charge in [0, 0.05) is 37.8 Å². The minimum Gasteiger partial charge on any atom is -0.504 e. The molecule has 0 heterocycles. The monoisotopic (exact) mass is 742 g/mol. The maximum absolute atomic E-state index is 11.8. The highest BCUT2D eigenvalue weighted by Crippen LogP contribution is 2.32. The van der Waals surface area contributed by atoms with E-state index in [1.807, 2.05) is 0 Å². The van der Waals surface area contributed by atoms with Gasteiger partial charge in [0.1, 0.15) is 18.3 Å². The van der Waals surface area contributed by atoms with Crippen molar-refractivity contribution in [1.29, 1.82) is 0 Å². The highest BCUT2D eigenvalue weighted by molar-refractivity contribution is 5.87. The molecule has 19 heteroatoms. The molecule has 6 unspecified atom stereocenters. The molecule has 0 amide bonds. The van der Waals surface area contributed by atoms with Crippen LogP contribution in [0.4, 0.5) is 0 Å². The average molecular weight is 743 g/mol. The van der Waals surface area contributed by atoms with Crippen LogP contribution in [0, 0.1) is 0 Å². The van der Waals surface area contributed by atoms with Crippen molar-refractivity contribution >= 4 is 36.0 Å². The van der Waals surface area contributed by atoms with Gasteiger partial charge in [0.15, 0.2) is 34.2 Å². The summed E-state index contributed by atoms with van der Waals surface area (Å²) in [6.07, 6.45) is -6.32. The van der Waals surface area contributed by atoms with Crippen LogP contribution in [0.2, 0.25) is 0 Å². The van der Waals surface area contributed by atoms with E-state index in [0.717, 1.165) is 12.2 Å². The number of esters is 1. The van der Waals surface area contributed by atoms with Crippen molar-refractivity contribution in [2.45, 2.75) is 80.9 Å². The van der Waals surface area contributed by atoms with Crippen LogP contribution in [0.3, 0.4) is 0 Å². The molecule has 2 saturated carbocycles. The summed E-state index contributed by atoms with van der Waals surface area (Å²) < 4.78 is 4.92. The Morgan fingerprint density at radius 1 is 0.596 bits per heavy atom. The smallest absolute Gasteiger partial charge is 0.335 e. The number of rotatable bonds is 7. The molecule has 288 valence electrons. The summed E-state index contributed by atoms with van der Waals surface area (Å²) in [4.78, 5) is 43.6. The first-order valence-corrected chi connectivity index (χ1v) is 14.7. The topological polar surface area (TPSA) is 361 Å². The number of carbonyl (C=O) groups is 4. The van der Waals surface area contributed by atoms with Crippen LogP contribution < -0.4 is 0 Å². The molecule has 4 rings (SSSR count). The van der Waals surface area contributed by atoms with Gasteiger partial charge in [0.2, 0.25) is 0 Å². The van der Waals surface area contributed by atoms with Crippen molar-refractivity contribution in [2.24, 2.45) is 0 Å². The zero-order valence-electron chi connectivity index (χ0n) is 26.4. The van der Waals surface area contributed by atoms with Gasteiger partial charge in [-0.1, -0.05) is 19.6 Å². The number of carbonyl (C=O) groups excluding carboxylic acids is 1. The van der Waals surface area contributed by atoms with Gasteiger partial charge in [-0.3, -0.25) is 0 Å². The SMILES string of the molecule is C.O=C(/C=C/c1ccc(O)c(O)c1)OC1CC(O)(C(=O)O)CC(O)C1O.O=C(O)/C=C/c1ccc(O)c(O)c1.O=C(O)C1(O)CC(O)C(O)C(O)C1. The number of hydrogen-bond acceptors (Lipinski definition) is 16. The molecular formula is C33H42O19. The van der Waals surface area contributed by atoms with Crippen molar-refractivity contribution in [3.05, 3.63) is 59.7 Å². The predicted molar refractivity (Wildman–Crippen MR) is 176 cm³/mol. The van der Waals surface area contributed by atoms with Crippen molar-refractivity contribution in [3.63, 3.8) is 0 Å². The zero-order chi connectivity index (χ0) is 38.8. The second-order valence-electron chi connectivity index (χ2n) is 11.6. The molecule has 0 aromatic heterocycles. The average Bonchev–Trinajstić information content (AvgIpc) is 3.04. The number of carboxylic acid groups (broad SMARTS) is 3. The summed E-state index contributed by atoms with van der Waals surface area (Å²) >= 11 is 0. The van der Waals surface area contributed by atoms with Gasteiger partial charge in [-0.15, -0.1) is 0 Å². The molecule has 2 aliphatic rings. The normalized spacial score (nSPS) is 28.3. The maximum Gasteiger partial charge on any atom is 0.335 e. The number of aliphatic carboxylic acids is 3. The molecule has 14 N–H and O–H groups in total. The number of benzene rings is 2. The van der Waals surface area contributed by atoms with E-state index in [4.69, 9.17) is 45.6 Å². The number of aliphatic hydroxyl groups is 7. The summed E-state index contributed by atoms with van der Waals surface area (Å²) in [5, 5.41) is 128. The summed E-state index contributed by atoms with van der Waals surface area (Å²) in [6, 6.07) is 7.89. The molecule has 2 aromatic carbocycles. The minimum atomic E-state index is -2.31. The number of aromatic hydroxyl groups is 4. The summed E-state index contributed by atoms with van der Waals surface area (Å²) in [7, 11) is 0. The molecular weight excluding hydrogens is 700 g/mol. The van der Waals surface area contributed by atoms with E-state index >= 15 is 0 Å². The Balaban J connectivity index is 0.000000424. The maximum atomic E-state index is 11.8. The summed E-state index contributed by atoms with van der Waals surface area (Å²) in [6.45, 7) is 0. The molecule has 6 atom stereocenters. The van der Waals surface area contributed by atoms with Gasteiger partial charge >= 0.3 is 23.9 Å². The lowest BCUT2D eigenvalue weighted by Crippen LogP contribution is -2.57. The van der Waals surface area contributed by atoms with E-state index in [1.165, 1.54) is 48.6 Å². The first-order valence-electron chi connectivity index (χ1n) is 14.7. The number of hydrogen-bond donors (Lipinski definition) is 14. The van der Waals surface area contributed by atoms with E-state index in [-0.39, 0.29) is 30.4 Å². The Kier molecular flexibility index (Phi) is 16.2. The van der Waals surface area contributed by atoms with E-state index in [0.29, 0.717) is 11.1 Å². The number of aliphatic hydroxyl groups excluding tert-OH is 5. The van der Waals surface area contributed by atoms with Gasteiger partial charge in [-0.05, 0) is 47.5 Å². The minimum absolute atomic E-state index is 0. The Morgan fingerprint density at radius 3 is 1.37 bits per heavy atom. The molecule has 52 heavy (non-hydrogen) atoms. The molecule has 0 radical (unpaired) electrons. The van der Waals surface area contributed by atoms with E-state index in [9.17, 15) is 49.8 Å². The fraction of sp³-hybridized carbons (Fsp3) is 0.394. The van der Waals surface area contributed by atoms with Crippen LogP contribution >= 0.6 is 0 Å². The zero-order valence-corrected chi connectivity index (χ0v) is 26.4. The van der Waals surface area contributed by atoms with Crippen LogP contribution in [0.15, 0.2) is 48.6 Å². The quantitative estimate of drug-likeness (QED) is 0.0905. The molecule has 0 bridgehead atoms. The van der Waals surface area contributed by atoms with Crippen LogP contribution in [-0.4, -0.2) is 143 Å². The lowest BCUT2D eigenvalue weighted by molar-refractivity contribution is -0.196. The number of carboxylic acids is 3. The first kappa shape index (κ1) is 44.7. The Labute approximate surface area is 295 Å². The predicted octanol–water partition coefficient (Wildman–Crippen LogP) is -1.14. The summed E-state index contributed by atoms with van der Waals surface area (Å²) in [5.41, 5.74) is -3.56. The number of phenolic OH excluding ortho intramolecular Hbond substituents is 4. The third kappa shape index (κ3) is 12.5. The molecule has 0 spiro atoms.